The van der Waals surface area contributed by atoms with Crippen LogP contribution in [0, 0.1) is 5.82 Å². The maximum absolute atomic E-state index is 13.1. The van der Waals surface area contributed by atoms with Gasteiger partial charge in [-0.1, -0.05) is 22.9 Å². The molecule has 0 saturated carbocycles. The van der Waals surface area contributed by atoms with E-state index in [0.717, 1.165) is 11.3 Å². The number of benzene rings is 1. The molecule has 0 radical (unpaired) electrons. The number of aromatic nitrogens is 1. The molecule has 0 fully saturated rings. The van der Waals surface area contributed by atoms with Crippen LogP contribution in [0.15, 0.2) is 22.7 Å². The number of methoxy groups -OCH3 is 1. The van der Waals surface area contributed by atoms with Gasteiger partial charge in [-0.3, -0.25) is 0 Å². The molecule has 100 valence electrons. The number of rotatable bonds is 3. The van der Waals surface area contributed by atoms with Gasteiger partial charge in [0.2, 0.25) is 0 Å². The smallest absolute Gasteiger partial charge is 0.351 e. The van der Waals surface area contributed by atoms with Gasteiger partial charge in [-0.25, -0.2) is 9.18 Å². The van der Waals surface area contributed by atoms with E-state index in [2.05, 4.69) is 25.7 Å². The summed E-state index contributed by atoms with van der Waals surface area (Å²) >= 11 is 9.92. The fourth-order valence-corrected chi connectivity index (χ4v) is 2.58. The zero-order chi connectivity index (χ0) is 14.0. The van der Waals surface area contributed by atoms with Crippen LogP contribution in [0.5, 0.6) is 10.9 Å². The Labute approximate surface area is 125 Å². The van der Waals surface area contributed by atoms with Crippen LogP contribution in [0.25, 0.3) is 0 Å². The third-order valence-electron chi connectivity index (χ3n) is 2.03. The van der Waals surface area contributed by atoms with E-state index in [0.29, 0.717) is 4.47 Å². The third kappa shape index (κ3) is 3.23. The second-order valence-corrected chi connectivity index (χ2v) is 5.44. The number of thiazole rings is 1. The van der Waals surface area contributed by atoms with Crippen LogP contribution in [0.1, 0.15) is 9.67 Å². The van der Waals surface area contributed by atoms with Crippen molar-refractivity contribution < 1.29 is 18.7 Å². The van der Waals surface area contributed by atoms with Crippen molar-refractivity contribution in [1.29, 1.82) is 0 Å². The molecule has 0 N–H and O–H groups in total. The average Bonchev–Trinajstić information content (AvgIpc) is 2.74. The molecule has 0 saturated heterocycles. The number of halogens is 3. The summed E-state index contributed by atoms with van der Waals surface area (Å²) in [4.78, 5) is 15.4. The Kier molecular flexibility index (Phi) is 4.38. The zero-order valence-electron chi connectivity index (χ0n) is 9.45. The van der Waals surface area contributed by atoms with Crippen molar-refractivity contribution >= 4 is 44.8 Å². The van der Waals surface area contributed by atoms with Crippen LogP contribution < -0.4 is 4.74 Å². The van der Waals surface area contributed by atoms with Crippen molar-refractivity contribution in [1.82, 2.24) is 4.98 Å². The van der Waals surface area contributed by atoms with Crippen LogP contribution in [0.2, 0.25) is 5.15 Å². The summed E-state index contributed by atoms with van der Waals surface area (Å²) in [5.74, 6) is -0.813. The summed E-state index contributed by atoms with van der Waals surface area (Å²) in [6.45, 7) is 0. The highest BCUT2D eigenvalue weighted by molar-refractivity contribution is 9.10. The van der Waals surface area contributed by atoms with Gasteiger partial charge in [0.05, 0.1) is 11.6 Å². The summed E-state index contributed by atoms with van der Waals surface area (Å²) in [5, 5.41) is 0.107. The molecule has 0 bridgehead atoms. The fourth-order valence-electron chi connectivity index (χ4n) is 1.19. The predicted molar refractivity (Wildman–Crippen MR) is 72.6 cm³/mol. The largest absolute Gasteiger partial charge is 0.465 e. The van der Waals surface area contributed by atoms with Gasteiger partial charge in [-0.2, -0.15) is 4.98 Å². The first-order valence-corrected chi connectivity index (χ1v) is 6.87. The number of hydrogen-bond acceptors (Lipinski definition) is 5. The Hall–Kier alpha value is -1.18. The fraction of sp³-hybridized carbons (Fsp3) is 0.0909. The molecule has 8 heteroatoms. The molecule has 0 amide bonds. The number of carbonyl (C=O) groups is 1. The standard InChI is InChI=1S/C11H6BrClFNO3S/c1-17-10(16)8-9(13)15-11(19-8)18-7-4-5(14)2-3-6(7)12/h2-4H,1H3. The third-order valence-corrected chi connectivity index (χ3v) is 3.98. The normalized spacial score (nSPS) is 10.3. The molecule has 19 heavy (non-hydrogen) atoms. The maximum atomic E-state index is 13.1. The number of esters is 1. The first-order valence-electron chi connectivity index (χ1n) is 4.89. The Morgan fingerprint density at radius 1 is 1.53 bits per heavy atom. The molecule has 2 rings (SSSR count). The van der Waals surface area contributed by atoms with Crippen LogP contribution in [-0.2, 0) is 4.74 Å². The summed E-state index contributed by atoms with van der Waals surface area (Å²) in [6, 6.07) is 3.98. The van der Waals surface area contributed by atoms with Gasteiger partial charge < -0.3 is 9.47 Å². The van der Waals surface area contributed by atoms with Crippen molar-refractivity contribution in [3.63, 3.8) is 0 Å². The lowest BCUT2D eigenvalue weighted by Gasteiger charge is -2.03. The van der Waals surface area contributed by atoms with Crippen LogP contribution in [0.3, 0.4) is 0 Å². The van der Waals surface area contributed by atoms with Gasteiger partial charge in [0, 0.05) is 6.07 Å². The van der Waals surface area contributed by atoms with Gasteiger partial charge in [0.15, 0.2) is 10.0 Å². The summed E-state index contributed by atoms with van der Waals surface area (Å²) in [6.07, 6.45) is 0. The summed E-state index contributed by atoms with van der Waals surface area (Å²) < 4.78 is 23.6. The Morgan fingerprint density at radius 3 is 2.95 bits per heavy atom. The van der Waals surface area contributed by atoms with Crippen LogP contribution in [0.4, 0.5) is 4.39 Å². The molecule has 1 aromatic carbocycles. The van der Waals surface area contributed by atoms with E-state index >= 15 is 0 Å². The first-order chi connectivity index (χ1) is 9.01. The predicted octanol–water partition coefficient (Wildman–Crippen LogP) is 4.28. The first kappa shape index (κ1) is 14.2. The van der Waals surface area contributed by atoms with Gasteiger partial charge in [-0.05, 0) is 28.1 Å². The van der Waals surface area contributed by atoms with E-state index < -0.39 is 11.8 Å². The van der Waals surface area contributed by atoms with E-state index in [1.54, 1.807) is 0 Å². The Morgan fingerprint density at radius 2 is 2.26 bits per heavy atom. The van der Waals surface area contributed by atoms with Crippen molar-refractivity contribution in [2.24, 2.45) is 0 Å². The molecule has 1 heterocycles. The molecule has 0 atom stereocenters. The van der Waals surface area contributed by atoms with E-state index in [1.165, 1.54) is 25.3 Å². The Bertz CT molecular complexity index is 634. The van der Waals surface area contributed by atoms with E-state index in [1.807, 2.05) is 0 Å². The second kappa shape index (κ2) is 5.85. The second-order valence-electron chi connectivity index (χ2n) is 3.27. The van der Waals surface area contributed by atoms with Crippen molar-refractivity contribution in [2.75, 3.05) is 7.11 Å². The monoisotopic (exact) mass is 365 g/mol. The van der Waals surface area contributed by atoms with Gasteiger partial charge in [0.1, 0.15) is 11.6 Å². The quantitative estimate of drug-likeness (QED) is 0.761. The lowest BCUT2D eigenvalue weighted by atomic mass is 10.3. The molecule has 4 nitrogen and oxygen atoms in total. The molecule has 0 aliphatic heterocycles. The molecule has 0 spiro atoms. The minimum atomic E-state index is -0.601. The molecule has 1 aromatic heterocycles. The lowest BCUT2D eigenvalue weighted by molar-refractivity contribution is 0.0606. The number of nitrogens with zero attached hydrogens (tertiary/aromatic N) is 1. The Balaban J connectivity index is 2.29. The van der Waals surface area contributed by atoms with E-state index in [4.69, 9.17) is 16.3 Å². The zero-order valence-corrected chi connectivity index (χ0v) is 12.6. The van der Waals surface area contributed by atoms with E-state index in [9.17, 15) is 9.18 Å². The van der Waals surface area contributed by atoms with E-state index in [-0.39, 0.29) is 21.0 Å². The molecular formula is C11H6BrClFNO3S. The number of ether oxygens (including phenoxy) is 2. The minimum absolute atomic E-state index is 0.0145. The SMILES string of the molecule is COC(=O)c1sc(Oc2cc(F)ccc2Br)nc1Cl. The molecular weight excluding hydrogens is 361 g/mol. The molecule has 0 aliphatic rings. The minimum Gasteiger partial charge on any atom is -0.465 e. The van der Waals surface area contributed by atoms with Crippen molar-refractivity contribution in [2.45, 2.75) is 0 Å². The molecule has 0 aliphatic carbocycles. The topological polar surface area (TPSA) is 48.4 Å². The van der Waals surface area contributed by atoms with Crippen LogP contribution >= 0.6 is 38.9 Å². The van der Waals surface area contributed by atoms with Gasteiger partial charge in [0.25, 0.3) is 5.19 Å². The molecule has 2 aromatic rings. The number of carbonyl (C=O) groups excluding carboxylic acids is 1. The highest BCUT2D eigenvalue weighted by Crippen LogP contribution is 2.35. The highest BCUT2D eigenvalue weighted by atomic mass is 79.9. The number of hydrogen-bond donors (Lipinski definition) is 0. The van der Waals surface area contributed by atoms with Gasteiger partial charge in [-0.15, -0.1) is 0 Å². The van der Waals surface area contributed by atoms with Crippen molar-refractivity contribution in [3.05, 3.63) is 38.5 Å². The van der Waals surface area contributed by atoms with Crippen LogP contribution in [-0.4, -0.2) is 18.1 Å². The van der Waals surface area contributed by atoms with Gasteiger partial charge >= 0.3 is 5.97 Å². The average molecular weight is 367 g/mol. The highest BCUT2D eigenvalue weighted by Gasteiger charge is 2.19. The lowest BCUT2D eigenvalue weighted by Crippen LogP contribution is -1.98. The van der Waals surface area contributed by atoms with Crippen molar-refractivity contribution in [3.8, 4) is 10.9 Å². The summed E-state index contributed by atoms with van der Waals surface area (Å²) in [7, 11) is 1.24. The maximum Gasteiger partial charge on any atom is 0.351 e. The molecule has 0 unspecified atom stereocenters. The summed E-state index contributed by atoms with van der Waals surface area (Å²) in [5.41, 5.74) is 0.